The van der Waals surface area contributed by atoms with Crippen LogP contribution in [0.25, 0.3) is 22.0 Å². The Morgan fingerprint density at radius 3 is 2.54 bits per heavy atom. The standard InChI is InChI=1S/C31H31Cl2N3O5/c1-18-25(29(38)40-17-19-8-6-5-7-9-19)26(22-11-10-20(32)14-23(22)33)27-24(34-18)16-36(28(27)37)21-12-13-35(15-21)30(39)41-31(2,3)4/h5-11,14,16,21,37H,12-13,15,17H2,1-4H3/t21-/m0/s1. The molecule has 2 aromatic carbocycles. The summed E-state index contributed by atoms with van der Waals surface area (Å²) in [7, 11) is 0. The van der Waals surface area contributed by atoms with Crippen LogP contribution in [0.5, 0.6) is 5.88 Å². The van der Waals surface area contributed by atoms with Gasteiger partial charge in [-0.25, -0.2) is 9.59 Å². The first-order chi connectivity index (χ1) is 19.4. The van der Waals surface area contributed by atoms with Gasteiger partial charge in [-0.15, -0.1) is 0 Å². The van der Waals surface area contributed by atoms with E-state index in [1.54, 1.807) is 40.8 Å². The smallest absolute Gasteiger partial charge is 0.410 e. The van der Waals surface area contributed by atoms with Gasteiger partial charge in [0.15, 0.2) is 0 Å². The Bertz CT molecular complexity index is 1630. The van der Waals surface area contributed by atoms with Crippen LogP contribution < -0.4 is 0 Å². The molecule has 0 spiro atoms. The number of benzene rings is 2. The number of ether oxygens (including phenoxy) is 2. The predicted octanol–water partition coefficient (Wildman–Crippen LogP) is 7.56. The minimum Gasteiger partial charge on any atom is -0.494 e. The zero-order valence-electron chi connectivity index (χ0n) is 23.3. The zero-order chi connectivity index (χ0) is 29.5. The quantitative estimate of drug-likeness (QED) is 0.239. The summed E-state index contributed by atoms with van der Waals surface area (Å²) >= 11 is 12.8. The number of carbonyl (C=O) groups excluding carboxylic acids is 2. The van der Waals surface area contributed by atoms with Crippen molar-refractivity contribution in [1.29, 1.82) is 0 Å². The molecule has 0 radical (unpaired) electrons. The number of esters is 1. The highest BCUT2D eigenvalue weighted by atomic mass is 35.5. The second-order valence-electron chi connectivity index (χ2n) is 11.1. The average molecular weight is 597 g/mol. The lowest BCUT2D eigenvalue weighted by atomic mass is 9.95. The van der Waals surface area contributed by atoms with Crippen molar-refractivity contribution < 1.29 is 24.2 Å². The van der Waals surface area contributed by atoms with E-state index >= 15 is 0 Å². The Morgan fingerprint density at radius 2 is 1.85 bits per heavy atom. The van der Waals surface area contributed by atoms with Crippen LogP contribution in [-0.4, -0.2) is 50.3 Å². The number of halogens is 2. The Hall–Kier alpha value is -3.75. The van der Waals surface area contributed by atoms with Gasteiger partial charge in [-0.2, -0.15) is 0 Å². The van der Waals surface area contributed by atoms with E-state index in [-0.39, 0.29) is 24.1 Å². The maximum atomic E-state index is 13.6. The van der Waals surface area contributed by atoms with Crippen molar-refractivity contribution in [2.45, 2.75) is 52.4 Å². The second kappa shape index (κ2) is 11.3. The molecule has 0 unspecified atom stereocenters. The largest absolute Gasteiger partial charge is 0.494 e. The van der Waals surface area contributed by atoms with E-state index in [1.165, 1.54) is 0 Å². The average Bonchev–Trinajstić information content (AvgIpc) is 3.51. The molecule has 3 heterocycles. The molecule has 5 rings (SSSR count). The lowest BCUT2D eigenvalue weighted by molar-refractivity contribution is 0.0288. The Kier molecular flexibility index (Phi) is 7.90. The SMILES string of the molecule is Cc1nc2cn([C@H]3CCN(C(=O)OC(C)(C)C)C3)c(O)c2c(-c2ccc(Cl)cc2Cl)c1C(=O)OCc1ccccc1. The molecule has 1 fully saturated rings. The second-order valence-corrected chi connectivity index (χ2v) is 12.0. The molecule has 10 heteroatoms. The van der Waals surface area contributed by atoms with Crippen molar-refractivity contribution in [3.63, 3.8) is 0 Å². The van der Waals surface area contributed by atoms with Gasteiger partial charge in [0, 0.05) is 40.5 Å². The van der Waals surface area contributed by atoms with Crippen LogP contribution in [0.1, 0.15) is 54.8 Å². The third-order valence-corrected chi connectivity index (χ3v) is 7.51. The lowest BCUT2D eigenvalue weighted by Gasteiger charge is -2.24. The molecule has 8 nitrogen and oxygen atoms in total. The van der Waals surface area contributed by atoms with Gasteiger partial charge in [-0.1, -0.05) is 59.6 Å². The van der Waals surface area contributed by atoms with Crippen LogP contribution in [0.2, 0.25) is 10.0 Å². The van der Waals surface area contributed by atoms with Crippen molar-refractivity contribution in [2.24, 2.45) is 0 Å². The number of fused-ring (bicyclic) bond motifs is 1. The van der Waals surface area contributed by atoms with Crippen LogP contribution in [0.4, 0.5) is 4.79 Å². The molecule has 4 aromatic rings. The van der Waals surface area contributed by atoms with Crippen LogP contribution in [0.15, 0.2) is 54.7 Å². The molecule has 1 aliphatic rings. The highest BCUT2D eigenvalue weighted by Gasteiger charge is 2.34. The number of rotatable bonds is 5. The predicted molar refractivity (Wildman–Crippen MR) is 159 cm³/mol. The van der Waals surface area contributed by atoms with Gasteiger partial charge in [-0.3, -0.25) is 4.98 Å². The number of pyridine rings is 1. The highest BCUT2D eigenvalue weighted by molar-refractivity contribution is 6.37. The van der Waals surface area contributed by atoms with E-state index in [4.69, 9.17) is 32.7 Å². The number of carbonyl (C=O) groups is 2. The molecule has 1 N–H and O–H groups in total. The first-order valence-electron chi connectivity index (χ1n) is 13.3. The van der Waals surface area contributed by atoms with E-state index in [1.807, 2.05) is 51.1 Å². The Labute approximate surface area is 248 Å². The molecule has 1 amide bonds. The van der Waals surface area contributed by atoms with Crippen LogP contribution in [-0.2, 0) is 16.1 Å². The summed E-state index contributed by atoms with van der Waals surface area (Å²) in [5.74, 6) is -0.674. The maximum absolute atomic E-state index is 13.6. The number of aromatic nitrogens is 2. The molecule has 1 aliphatic heterocycles. The normalized spacial score (nSPS) is 15.4. The number of aryl methyl sites for hydroxylation is 1. The van der Waals surface area contributed by atoms with Gasteiger partial charge in [0.2, 0.25) is 5.88 Å². The van der Waals surface area contributed by atoms with Gasteiger partial charge >= 0.3 is 12.1 Å². The molecule has 2 aromatic heterocycles. The molecular weight excluding hydrogens is 565 g/mol. The van der Waals surface area contributed by atoms with Crippen LogP contribution in [0, 0.1) is 6.92 Å². The fraction of sp³-hybridized carbons (Fsp3) is 0.323. The number of aromatic hydroxyl groups is 1. The third kappa shape index (κ3) is 5.99. The van der Waals surface area contributed by atoms with Crippen LogP contribution in [0.3, 0.4) is 0 Å². The molecular formula is C31H31Cl2N3O5. The van der Waals surface area contributed by atoms with Crippen molar-refractivity contribution in [3.05, 3.63) is 81.6 Å². The van der Waals surface area contributed by atoms with E-state index < -0.39 is 17.7 Å². The third-order valence-electron chi connectivity index (χ3n) is 6.96. The number of amides is 1. The fourth-order valence-electron chi connectivity index (χ4n) is 5.11. The lowest BCUT2D eigenvalue weighted by Crippen LogP contribution is -2.35. The number of nitrogens with zero attached hydrogens (tertiary/aromatic N) is 3. The number of hydrogen-bond donors (Lipinski definition) is 1. The zero-order valence-corrected chi connectivity index (χ0v) is 24.8. The van der Waals surface area contributed by atoms with E-state index in [2.05, 4.69) is 4.98 Å². The van der Waals surface area contributed by atoms with Gasteiger partial charge in [-0.05, 0) is 51.8 Å². The van der Waals surface area contributed by atoms with Gasteiger partial charge in [0.25, 0.3) is 0 Å². The van der Waals surface area contributed by atoms with Crippen molar-refractivity contribution in [1.82, 2.24) is 14.5 Å². The monoisotopic (exact) mass is 595 g/mol. The topological polar surface area (TPSA) is 93.9 Å². The summed E-state index contributed by atoms with van der Waals surface area (Å²) < 4.78 is 12.9. The summed E-state index contributed by atoms with van der Waals surface area (Å²) in [5.41, 5.74) is 2.25. The van der Waals surface area contributed by atoms with Gasteiger partial charge in [0.05, 0.1) is 28.2 Å². The summed E-state index contributed by atoms with van der Waals surface area (Å²) in [4.78, 5) is 32.6. The van der Waals surface area contributed by atoms with Crippen LogP contribution >= 0.6 is 23.2 Å². The molecule has 0 aliphatic carbocycles. The molecule has 214 valence electrons. The van der Waals surface area contributed by atoms with Crippen molar-refractivity contribution in [3.8, 4) is 17.0 Å². The Morgan fingerprint density at radius 1 is 1.12 bits per heavy atom. The summed E-state index contributed by atoms with van der Waals surface area (Å²) in [6.45, 7) is 8.09. The van der Waals surface area contributed by atoms with E-state index in [0.717, 1.165) is 5.56 Å². The number of likely N-dealkylation sites (tertiary alicyclic amines) is 1. The number of hydrogen-bond acceptors (Lipinski definition) is 6. The van der Waals surface area contributed by atoms with Gasteiger partial charge in [0.1, 0.15) is 12.2 Å². The molecule has 0 bridgehead atoms. The fourth-order valence-corrected chi connectivity index (χ4v) is 5.62. The minimum absolute atomic E-state index is 0.0699. The molecule has 41 heavy (non-hydrogen) atoms. The highest BCUT2D eigenvalue weighted by Crippen LogP contribution is 2.44. The summed E-state index contributed by atoms with van der Waals surface area (Å²) in [6, 6.07) is 14.1. The molecule has 1 atom stereocenters. The van der Waals surface area contributed by atoms with E-state index in [9.17, 15) is 14.7 Å². The van der Waals surface area contributed by atoms with Crippen molar-refractivity contribution in [2.75, 3.05) is 13.1 Å². The molecule has 1 saturated heterocycles. The first kappa shape index (κ1) is 28.8. The maximum Gasteiger partial charge on any atom is 0.410 e. The minimum atomic E-state index is -0.612. The summed E-state index contributed by atoms with van der Waals surface area (Å²) in [5, 5.41) is 12.7. The van der Waals surface area contributed by atoms with E-state index in [0.29, 0.717) is 57.3 Å². The Balaban J connectivity index is 1.58. The van der Waals surface area contributed by atoms with Gasteiger partial charge < -0.3 is 24.0 Å². The first-order valence-corrected chi connectivity index (χ1v) is 14.1. The summed E-state index contributed by atoms with van der Waals surface area (Å²) in [6.07, 6.45) is 1.95. The van der Waals surface area contributed by atoms with Crippen molar-refractivity contribution >= 4 is 46.2 Å². The molecule has 0 saturated carbocycles.